The van der Waals surface area contributed by atoms with E-state index in [1.54, 1.807) is 12.1 Å². The standard InChI is InChI=1S/C17H24F2N4/c1-3-14(12-16(20)23-10-8-21-9-11-23)22-15-6-4-13(5-7-15)17(2,18)19/h4-7,12,20-22H,3,8-11H2,1-2H3/b14-12-,20-16?. The number of piperazine rings is 1. The highest BCUT2D eigenvalue weighted by molar-refractivity contribution is 5.91. The lowest BCUT2D eigenvalue weighted by Gasteiger charge is -2.28. The minimum Gasteiger partial charge on any atom is -0.359 e. The Morgan fingerprint density at radius 2 is 1.91 bits per heavy atom. The van der Waals surface area contributed by atoms with Gasteiger partial charge in [0.2, 0.25) is 0 Å². The SMILES string of the molecule is CC/C(=C/C(=N)N1CCNCC1)Nc1ccc(C(C)(F)F)cc1. The van der Waals surface area contributed by atoms with Crippen molar-refractivity contribution in [2.75, 3.05) is 31.5 Å². The number of nitrogens with one attached hydrogen (secondary N) is 3. The molecule has 0 spiro atoms. The van der Waals surface area contributed by atoms with Crippen LogP contribution in [0.25, 0.3) is 0 Å². The Hall–Kier alpha value is -1.95. The number of hydrogen-bond acceptors (Lipinski definition) is 3. The lowest BCUT2D eigenvalue weighted by atomic mass is 10.1. The molecule has 1 fully saturated rings. The van der Waals surface area contributed by atoms with E-state index in [1.807, 2.05) is 17.9 Å². The zero-order valence-corrected chi connectivity index (χ0v) is 13.6. The van der Waals surface area contributed by atoms with Gasteiger partial charge in [-0.2, -0.15) is 0 Å². The zero-order chi connectivity index (χ0) is 16.9. The Kier molecular flexibility index (Phi) is 5.71. The number of rotatable bonds is 5. The van der Waals surface area contributed by atoms with Crippen LogP contribution in [-0.2, 0) is 5.92 Å². The van der Waals surface area contributed by atoms with Gasteiger partial charge in [-0.3, -0.25) is 5.41 Å². The van der Waals surface area contributed by atoms with Crippen molar-refractivity contribution in [2.24, 2.45) is 0 Å². The van der Waals surface area contributed by atoms with Gasteiger partial charge in [-0.1, -0.05) is 19.1 Å². The van der Waals surface area contributed by atoms with E-state index in [0.29, 0.717) is 5.84 Å². The van der Waals surface area contributed by atoms with Crippen LogP contribution in [0.15, 0.2) is 36.0 Å². The molecule has 1 saturated heterocycles. The summed E-state index contributed by atoms with van der Waals surface area (Å²) in [5.41, 5.74) is 1.64. The predicted octanol–water partition coefficient (Wildman–Crippen LogP) is 3.39. The molecule has 1 aliphatic rings. The van der Waals surface area contributed by atoms with Crippen molar-refractivity contribution in [3.63, 3.8) is 0 Å². The fourth-order valence-electron chi connectivity index (χ4n) is 2.42. The van der Waals surface area contributed by atoms with Crippen LogP contribution >= 0.6 is 0 Å². The van der Waals surface area contributed by atoms with Crippen LogP contribution < -0.4 is 10.6 Å². The fourth-order valence-corrected chi connectivity index (χ4v) is 2.42. The van der Waals surface area contributed by atoms with Crippen molar-refractivity contribution in [3.05, 3.63) is 41.6 Å². The molecule has 1 heterocycles. The maximum atomic E-state index is 13.2. The molecule has 0 saturated carbocycles. The van der Waals surface area contributed by atoms with Gasteiger partial charge in [0.1, 0.15) is 5.84 Å². The van der Waals surface area contributed by atoms with Crippen LogP contribution in [0.3, 0.4) is 0 Å². The van der Waals surface area contributed by atoms with E-state index in [1.165, 1.54) is 12.1 Å². The molecule has 1 aliphatic heterocycles. The summed E-state index contributed by atoms with van der Waals surface area (Å²) in [7, 11) is 0. The second kappa shape index (κ2) is 7.55. The molecule has 0 amide bonds. The lowest BCUT2D eigenvalue weighted by molar-refractivity contribution is 0.0175. The molecule has 6 heteroatoms. The molecule has 0 unspecified atom stereocenters. The first kappa shape index (κ1) is 17.4. The average molecular weight is 322 g/mol. The summed E-state index contributed by atoms with van der Waals surface area (Å²) >= 11 is 0. The van der Waals surface area contributed by atoms with Gasteiger partial charge >= 0.3 is 0 Å². The molecule has 0 aromatic heterocycles. The van der Waals surface area contributed by atoms with Crippen LogP contribution in [-0.4, -0.2) is 36.9 Å². The summed E-state index contributed by atoms with van der Waals surface area (Å²) in [5, 5.41) is 14.6. The second-order valence-corrected chi connectivity index (χ2v) is 5.74. The minimum atomic E-state index is -2.83. The molecule has 1 aromatic carbocycles. The zero-order valence-electron chi connectivity index (χ0n) is 13.6. The monoisotopic (exact) mass is 322 g/mol. The topological polar surface area (TPSA) is 51.2 Å². The lowest BCUT2D eigenvalue weighted by Crippen LogP contribution is -2.45. The van der Waals surface area contributed by atoms with Gasteiger partial charge in [0, 0.05) is 50.1 Å². The van der Waals surface area contributed by atoms with Crippen LogP contribution in [0.2, 0.25) is 0 Å². The number of nitrogens with zero attached hydrogens (tertiary/aromatic N) is 1. The molecule has 3 N–H and O–H groups in total. The third-order valence-electron chi connectivity index (χ3n) is 3.85. The first-order valence-corrected chi connectivity index (χ1v) is 7.90. The largest absolute Gasteiger partial charge is 0.359 e. The highest BCUT2D eigenvalue weighted by Crippen LogP contribution is 2.28. The molecule has 23 heavy (non-hydrogen) atoms. The molecular formula is C17H24F2N4. The molecule has 126 valence electrons. The van der Waals surface area contributed by atoms with Crippen LogP contribution in [0.1, 0.15) is 25.8 Å². The van der Waals surface area contributed by atoms with Gasteiger partial charge in [0.15, 0.2) is 0 Å². The third kappa shape index (κ3) is 5.03. The van der Waals surface area contributed by atoms with Crippen molar-refractivity contribution in [1.29, 1.82) is 5.41 Å². The number of anilines is 1. The fraction of sp³-hybridized carbons (Fsp3) is 0.471. The Morgan fingerprint density at radius 1 is 1.30 bits per heavy atom. The van der Waals surface area contributed by atoms with E-state index in [9.17, 15) is 8.78 Å². The predicted molar refractivity (Wildman–Crippen MR) is 90.2 cm³/mol. The number of hydrogen-bond donors (Lipinski definition) is 3. The van der Waals surface area contributed by atoms with Crippen molar-refractivity contribution in [1.82, 2.24) is 10.2 Å². The minimum absolute atomic E-state index is 0.00126. The van der Waals surface area contributed by atoms with E-state index in [2.05, 4.69) is 10.6 Å². The quantitative estimate of drug-likeness (QED) is 0.575. The number of benzene rings is 1. The van der Waals surface area contributed by atoms with Crippen LogP contribution in [0, 0.1) is 5.41 Å². The molecule has 0 radical (unpaired) electrons. The highest BCUT2D eigenvalue weighted by atomic mass is 19.3. The Labute approximate surface area is 136 Å². The van der Waals surface area contributed by atoms with Crippen molar-refractivity contribution in [2.45, 2.75) is 26.2 Å². The van der Waals surface area contributed by atoms with E-state index < -0.39 is 5.92 Å². The summed E-state index contributed by atoms with van der Waals surface area (Å²) in [6, 6.07) is 6.14. The maximum Gasteiger partial charge on any atom is 0.270 e. The van der Waals surface area contributed by atoms with Gasteiger partial charge in [-0.15, -0.1) is 0 Å². The third-order valence-corrected chi connectivity index (χ3v) is 3.85. The van der Waals surface area contributed by atoms with E-state index in [0.717, 1.165) is 50.9 Å². The summed E-state index contributed by atoms with van der Waals surface area (Å²) in [5.74, 6) is -2.35. The molecule has 0 bridgehead atoms. The molecular weight excluding hydrogens is 298 g/mol. The van der Waals surface area contributed by atoms with Crippen molar-refractivity contribution >= 4 is 11.5 Å². The second-order valence-electron chi connectivity index (χ2n) is 5.74. The van der Waals surface area contributed by atoms with Crippen molar-refractivity contribution < 1.29 is 8.78 Å². The van der Waals surface area contributed by atoms with E-state index in [-0.39, 0.29) is 5.56 Å². The number of halogens is 2. The summed E-state index contributed by atoms with van der Waals surface area (Å²) in [4.78, 5) is 2.02. The Morgan fingerprint density at radius 3 is 2.43 bits per heavy atom. The van der Waals surface area contributed by atoms with E-state index in [4.69, 9.17) is 5.41 Å². The molecule has 0 atom stereocenters. The van der Waals surface area contributed by atoms with Crippen LogP contribution in [0.4, 0.5) is 14.5 Å². The molecule has 2 rings (SSSR count). The molecule has 0 aliphatic carbocycles. The summed E-state index contributed by atoms with van der Waals surface area (Å²) in [6.45, 7) is 6.31. The summed E-state index contributed by atoms with van der Waals surface area (Å²) < 4.78 is 26.4. The van der Waals surface area contributed by atoms with Crippen molar-refractivity contribution in [3.8, 4) is 0 Å². The van der Waals surface area contributed by atoms with Gasteiger partial charge in [0.25, 0.3) is 5.92 Å². The van der Waals surface area contributed by atoms with Gasteiger partial charge < -0.3 is 15.5 Å². The molecule has 4 nitrogen and oxygen atoms in total. The maximum absolute atomic E-state index is 13.2. The Bertz CT molecular complexity index is 555. The first-order valence-electron chi connectivity index (χ1n) is 7.90. The highest BCUT2D eigenvalue weighted by Gasteiger charge is 2.23. The summed E-state index contributed by atoms with van der Waals surface area (Å²) in [6.07, 6.45) is 2.55. The number of alkyl halides is 2. The normalized spacial score (nSPS) is 16.3. The smallest absolute Gasteiger partial charge is 0.270 e. The van der Waals surface area contributed by atoms with Gasteiger partial charge in [-0.05, 0) is 24.6 Å². The van der Waals surface area contributed by atoms with E-state index >= 15 is 0 Å². The average Bonchev–Trinajstić information content (AvgIpc) is 2.54. The van der Waals surface area contributed by atoms with Gasteiger partial charge in [-0.25, -0.2) is 8.78 Å². The first-order chi connectivity index (χ1) is 10.9. The molecule has 1 aromatic rings. The Balaban J connectivity index is 2.03. The van der Waals surface area contributed by atoms with Crippen LogP contribution in [0.5, 0.6) is 0 Å². The number of allylic oxidation sites excluding steroid dienone is 1. The number of amidine groups is 1. The van der Waals surface area contributed by atoms with Gasteiger partial charge in [0.05, 0.1) is 0 Å².